The molecule has 0 radical (unpaired) electrons. The predicted octanol–water partition coefficient (Wildman–Crippen LogP) is 4.42. The average molecular weight is 365 g/mol. The lowest BCUT2D eigenvalue weighted by atomic mass is 9.84. The Labute approximate surface area is 151 Å². The molecule has 3 rings (SSSR count). The fourth-order valence-electron chi connectivity index (χ4n) is 3.92. The molecule has 25 heavy (non-hydrogen) atoms. The van der Waals surface area contributed by atoms with Gasteiger partial charge in [0.15, 0.2) is 9.84 Å². The standard InChI is InChI=1S/C20H28O4S/c1-19(2)11-10-15(12-19)24-17-13-23-20(3,4)18(17)14-6-8-16(9-7-14)25(5,21)22/h6-9,13,15,18H,10-12H2,1-5H3. The van der Waals surface area contributed by atoms with Crippen LogP contribution in [0.5, 0.6) is 0 Å². The second-order valence-electron chi connectivity index (χ2n) is 8.66. The smallest absolute Gasteiger partial charge is 0.175 e. The van der Waals surface area contributed by atoms with E-state index in [0.29, 0.717) is 10.3 Å². The summed E-state index contributed by atoms with van der Waals surface area (Å²) in [5.74, 6) is 0.810. The van der Waals surface area contributed by atoms with Crippen molar-refractivity contribution in [1.82, 2.24) is 0 Å². The topological polar surface area (TPSA) is 52.6 Å². The van der Waals surface area contributed by atoms with Crippen LogP contribution in [0.4, 0.5) is 0 Å². The van der Waals surface area contributed by atoms with Crippen LogP contribution in [-0.2, 0) is 19.3 Å². The molecule has 2 aliphatic rings. The second kappa shape index (κ2) is 6.04. The lowest BCUT2D eigenvalue weighted by molar-refractivity contribution is 0.0555. The zero-order valence-electron chi connectivity index (χ0n) is 15.7. The van der Waals surface area contributed by atoms with Gasteiger partial charge >= 0.3 is 0 Å². The number of rotatable bonds is 4. The van der Waals surface area contributed by atoms with Gasteiger partial charge in [-0.05, 0) is 56.2 Å². The van der Waals surface area contributed by atoms with E-state index in [-0.39, 0.29) is 12.0 Å². The van der Waals surface area contributed by atoms with Crippen LogP contribution in [0.15, 0.2) is 41.2 Å². The Bertz CT molecular complexity index is 772. The highest BCUT2D eigenvalue weighted by Gasteiger charge is 2.43. The van der Waals surface area contributed by atoms with E-state index < -0.39 is 15.4 Å². The summed E-state index contributed by atoms with van der Waals surface area (Å²) in [6, 6.07) is 7.06. The summed E-state index contributed by atoms with van der Waals surface area (Å²) < 4.78 is 35.6. The van der Waals surface area contributed by atoms with Gasteiger partial charge in [-0.15, -0.1) is 0 Å². The third-order valence-electron chi connectivity index (χ3n) is 5.33. The Balaban J connectivity index is 1.83. The summed E-state index contributed by atoms with van der Waals surface area (Å²) in [4.78, 5) is 0.331. The maximum atomic E-state index is 11.7. The SMILES string of the molecule is CC1(C)CCC(OC2=COC(C)(C)C2c2ccc(S(C)(=O)=O)cc2)C1. The van der Waals surface area contributed by atoms with Crippen LogP contribution < -0.4 is 0 Å². The molecule has 1 aromatic carbocycles. The summed E-state index contributed by atoms with van der Waals surface area (Å²) in [7, 11) is -3.19. The monoisotopic (exact) mass is 364 g/mol. The van der Waals surface area contributed by atoms with Crippen molar-refractivity contribution in [3.8, 4) is 0 Å². The molecule has 1 saturated carbocycles. The lowest BCUT2D eigenvalue weighted by Crippen LogP contribution is -2.29. The minimum absolute atomic E-state index is 0.0372. The normalized spacial score (nSPS) is 27.6. The highest BCUT2D eigenvalue weighted by Crippen LogP contribution is 2.46. The first-order valence-corrected chi connectivity index (χ1v) is 10.7. The highest BCUT2D eigenvalue weighted by atomic mass is 32.2. The van der Waals surface area contributed by atoms with Gasteiger partial charge < -0.3 is 9.47 Å². The van der Waals surface area contributed by atoms with E-state index in [1.54, 1.807) is 18.4 Å². The van der Waals surface area contributed by atoms with Crippen molar-refractivity contribution in [2.45, 2.75) is 69.5 Å². The molecular weight excluding hydrogens is 336 g/mol. The first kappa shape index (κ1) is 18.3. The molecule has 0 amide bonds. The number of sulfone groups is 1. The van der Waals surface area contributed by atoms with E-state index in [4.69, 9.17) is 9.47 Å². The minimum Gasteiger partial charge on any atom is -0.491 e. The molecule has 0 saturated heterocycles. The maximum absolute atomic E-state index is 11.7. The largest absolute Gasteiger partial charge is 0.491 e. The van der Waals surface area contributed by atoms with Crippen molar-refractivity contribution in [3.05, 3.63) is 41.9 Å². The molecule has 0 N–H and O–H groups in total. The minimum atomic E-state index is -3.19. The van der Waals surface area contributed by atoms with Crippen LogP contribution >= 0.6 is 0 Å². The fourth-order valence-corrected chi connectivity index (χ4v) is 4.55. The Morgan fingerprint density at radius 1 is 1.12 bits per heavy atom. The third kappa shape index (κ3) is 3.86. The summed E-state index contributed by atoms with van der Waals surface area (Å²) in [5, 5.41) is 0. The number of hydrogen-bond acceptors (Lipinski definition) is 4. The summed E-state index contributed by atoms with van der Waals surface area (Å²) in [5.41, 5.74) is 0.918. The van der Waals surface area contributed by atoms with Crippen molar-refractivity contribution in [2.24, 2.45) is 5.41 Å². The van der Waals surface area contributed by atoms with E-state index in [1.165, 1.54) is 12.7 Å². The first-order chi connectivity index (χ1) is 11.5. The van der Waals surface area contributed by atoms with E-state index in [9.17, 15) is 8.42 Å². The van der Waals surface area contributed by atoms with Gasteiger partial charge in [0.1, 0.15) is 17.6 Å². The van der Waals surface area contributed by atoms with Crippen LogP contribution in [0.25, 0.3) is 0 Å². The summed E-state index contributed by atoms with van der Waals surface area (Å²) in [6.45, 7) is 8.63. The van der Waals surface area contributed by atoms with Crippen LogP contribution in [0, 0.1) is 5.41 Å². The molecule has 0 bridgehead atoms. The van der Waals surface area contributed by atoms with Crippen molar-refractivity contribution < 1.29 is 17.9 Å². The molecule has 1 aliphatic carbocycles. The zero-order chi connectivity index (χ0) is 18.5. The Hall–Kier alpha value is -1.49. The molecule has 2 atom stereocenters. The van der Waals surface area contributed by atoms with Gasteiger partial charge in [-0.25, -0.2) is 8.42 Å². The van der Waals surface area contributed by atoms with Crippen LogP contribution in [0.3, 0.4) is 0 Å². The van der Waals surface area contributed by atoms with Gasteiger partial charge in [0, 0.05) is 6.26 Å². The first-order valence-electron chi connectivity index (χ1n) is 8.83. The van der Waals surface area contributed by atoms with Gasteiger partial charge in [-0.1, -0.05) is 26.0 Å². The highest BCUT2D eigenvalue weighted by molar-refractivity contribution is 7.90. The van der Waals surface area contributed by atoms with Gasteiger partial charge in [-0.2, -0.15) is 0 Å². The van der Waals surface area contributed by atoms with E-state index in [1.807, 2.05) is 26.0 Å². The molecule has 1 heterocycles. The molecule has 4 nitrogen and oxygen atoms in total. The third-order valence-corrected chi connectivity index (χ3v) is 6.45. The summed E-state index contributed by atoms with van der Waals surface area (Å²) >= 11 is 0. The van der Waals surface area contributed by atoms with Crippen molar-refractivity contribution in [1.29, 1.82) is 0 Å². The maximum Gasteiger partial charge on any atom is 0.175 e. The van der Waals surface area contributed by atoms with Crippen LogP contribution in [-0.4, -0.2) is 26.4 Å². The second-order valence-corrected chi connectivity index (χ2v) is 10.7. The molecule has 0 aromatic heterocycles. The molecule has 138 valence electrons. The van der Waals surface area contributed by atoms with Gasteiger partial charge in [0.2, 0.25) is 0 Å². The Kier molecular flexibility index (Phi) is 4.43. The molecule has 1 aromatic rings. The molecule has 1 fully saturated rings. The number of hydrogen-bond donors (Lipinski definition) is 0. The quantitative estimate of drug-likeness (QED) is 0.794. The molecule has 0 spiro atoms. The Morgan fingerprint density at radius 2 is 1.76 bits per heavy atom. The number of benzene rings is 1. The van der Waals surface area contributed by atoms with Crippen LogP contribution in [0.1, 0.15) is 58.4 Å². The van der Waals surface area contributed by atoms with Gasteiger partial charge in [0.25, 0.3) is 0 Å². The van der Waals surface area contributed by atoms with E-state index in [2.05, 4.69) is 13.8 Å². The van der Waals surface area contributed by atoms with E-state index >= 15 is 0 Å². The molecular formula is C20H28O4S. The van der Waals surface area contributed by atoms with Crippen molar-refractivity contribution in [2.75, 3.05) is 6.26 Å². The fraction of sp³-hybridized carbons (Fsp3) is 0.600. The van der Waals surface area contributed by atoms with Crippen molar-refractivity contribution >= 4 is 9.84 Å². The molecule has 1 aliphatic heterocycles. The van der Waals surface area contributed by atoms with Crippen molar-refractivity contribution in [3.63, 3.8) is 0 Å². The predicted molar refractivity (Wildman–Crippen MR) is 98.0 cm³/mol. The zero-order valence-corrected chi connectivity index (χ0v) is 16.5. The van der Waals surface area contributed by atoms with Gasteiger partial charge in [-0.3, -0.25) is 0 Å². The number of ether oxygens (including phenoxy) is 2. The molecule has 2 unspecified atom stereocenters. The molecule has 5 heteroatoms. The Morgan fingerprint density at radius 3 is 2.28 bits per heavy atom. The lowest BCUT2D eigenvalue weighted by Gasteiger charge is -2.29. The van der Waals surface area contributed by atoms with Gasteiger partial charge in [0.05, 0.1) is 16.9 Å². The van der Waals surface area contributed by atoms with Crippen LogP contribution in [0.2, 0.25) is 0 Å². The summed E-state index contributed by atoms with van der Waals surface area (Å²) in [6.07, 6.45) is 6.45. The van der Waals surface area contributed by atoms with E-state index in [0.717, 1.165) is 24.2 Å². The average Bonchev–Trinajstić information content (AvgIpc) is 2.97.